The molecule has 0 aromatic heterocycles. The minimum Gasteiger partial charge on any atom is -0.492 e. The minimum atomic E-state index is 0.0780. The standard InChI is InChI=1S/C15H21NO2/c1-15(2)9-18-13-4-3-10(7-12(13)15)14(16)11-5-6-17-8-11/h3-4,7,11,14H,5-6,8-9,16H2,1-2H3. The van der Waals surface area contributed by atoms with Crippen LogP contribution in [0.15, 0.2) is 18.2 Å². The molecule has 0 bridgehead atoms. The lowest BCUT2D eigenvalue weighted by Crippen LogP contribution is -2.23. The van der Waals surface area contributed by atoms with Gasteiger partial charge in [-0.15, -0.1) is 0 Å². The van der Waals surface area contributed by atoms with Gasteiger partial charge in [-0.3, -0.25) is 0 Å². The normalized spacial score (nSPS) is 26.7. The van der Waals surface area contributed by atoms with E-state index < -0.39 is 0 Å². The monoisotopic (exact) mass is 247 g/mol. The molecule has 0 saturated carbocycles. The molecule has 98 valence electrons. The van der Waals surface area contributed by atoms with Gasteiger partial charge in [0, 0.05) is 29.5 Å². The molecule has 3 nitrogen and oxygen atoms in total. The molecule has 2 unspecified atom stereocenters. The molecule has 0 spiro atoms. The topological polar surface area (TPSA) is 44.5 Å². The van der Waals surface area contributed by atoms with Crippen LogP contribution < -0.4 is 10.5 Å². The fraction of sp³-hybridized carbons (Fsp3) is 0.600. The lowest BCUT2D eigenvalue weighted by atomic mass is 9.84. The van der Waals surface area contributed by atoms with Gasteiger partial charge in [0.05, 0.1) is 13.2 Å². The van der Waals surface area contributed by atoms with Crippen molar-refractivity contribution in [3.63, 3.8) is 0 Å². The number of benzene rings is 1. The zero-order valence-electron chi connectivity index (χ0n) is 11.1. The zero-order valence-corrected chi connectivity index (χ0v) is 11.1. The number of hydrogen-bond acceptors (Lipinski definition) is 3. The summed E-state index contributed by atoms with van der Waals surface area (Å²) in [4.78, 5) is 0. The van der Waals surface area contributed by atoms with Crippen molar-refractivity contribution in [2.45, 2.75) is 31.7 Å². The Hall–Kier alpha value is -1.06. The maximum Gasteiger partial charge on any atom is 0.123 e. The molecule has 1 aromatic rings. The molecule has 1 saturated heterocycles. The molecule has 2 atom stereocenters. The van der Waals surface area contributed by atoms with E-state index in [1.807, 2.05) is 0 Å². The van der Waals surface area contributed by atoms with E-state index in [0.29, 0.717) is 5.92 Å². The predicted molar refractivity (Wildman–Crippen MR) is 70.8 cm³/mol. The van der Waals surface area contributed by atoms with Crippen LogP contribution in [0.5, 0.6) is 5.75 Å². The fourth-order valence-corrected chi connectivity index (χ4v) is 2.85. The van der Waals surface area contributed by atoms with Crippen molar-refractivity contribution in [2.24, 2.45) is 11.7 Å². The van der Waals surface area contributed by atoms with Gasteiger partial charge in [-0.25, -0.2) is 0 Å². The van der Waals surface area contributed by atoms with E-state index >= 15 is 0 Å². The van der Waals surface area contributed by atoms with Crippen LogP contribution in [0.2, 0.25) is 0 Å². The first-order chi connectivity index (χ1) is 8.58. The lowest BCUT2D eigenvalue weighted by molar-refractivity contribution is 0.181. The quantitative estimate of drug-likeness (QED) is 0.872. The molecule has 0 aliphatic carbocycles. The molecule has 2 N–H and O–H groups in total. The van der Waals surface area contributed by atoms with Crippen molar-refractivity contribution in [1.29, 1.82) is 0 Å². The van der Waals surface area contributed by atoms with Crippen LogP contribution in [0.25, 0.3) is 0 Å². The highest BCUT2D eigenvalue weighted by atomic mass is 16.5. The van der Waals surface area contributed by atoms with Crippen LogP contribution >= 0.6 is 0 Å². The summed E-state index contributed by atoms with van der Waals surface area (Å²) in [6.07, 6.45) is 1.07. The Morgan fingerprint density at radius 1 is 1.39 bits per heavy atom. The summed E-state index contributed by atoms with van der Waals surface area (Å²) in [7, 11) is 0. The van der Waals surface area contributed by atoms with Crippen LogP contribution in [0.4, 0.5) is 0 Å². The van der Waals surface area contributed by atoms with E-state index in [-0.39, 0.29) is 11.5 Å². The fourth-order valence-electron chi connectivity index (χ4n) is 2.85. The minimum absolute atomic E-state index is 0.0780. The Balaban J connectivity index is 1.90. The molecule has 1 fully saturated rings. The average Bonchev–Trinajstić information content (AvgIpc) is 2.97. The first-order valence-corrected chi connectivity index (χ1v) is 6.68. The van der Waals surface area contributed by atoms with Gasteiger partial charge in [-0.2, -0.15) is 0 Å². The maximum atomic E-state index is 6.36. The Kier molecular flexibility index (Phi) is 2.83. The van der Waals surface area contributed by atoms with Crippen LogP contribution in [0.3, 0.4) is 0 Å². The molecular formula is C15H21NO2. The Labute approximate surface area is 108 Å². The van der Waals surface area contributed by atoms with E-state index in [2.05, 4.69) is 32.0 Å². The summed E-state index contributed by atoms with van der Waals surface area (Å²) in [5.41, 5.74) is 8.95. The van der Waals surface area contributed by atoms with Crippen molar-refractivity contribution in [3.05, 3.63) is 29.3 Å². The van der Waals surface area contributed by atoms with E-state index in [1.54, 1.807) is 0 Å². The maximum absolute atomic E-state index is 6.36. The summed E-state index contributed by atoms with van der Waals surface area (Å²) in [5.74, 6) is 1.46. The van der Waals surface area contributed by atoms with Crippen molar-refractivity contribution in [2.75, 3.05) is 19.8 Å². The molecule has 0 radical (unpaired) electrons. The van der Waals surface area contributed by atoms with Crippen molar-refractivity contribution >= 4 is 0 Å². The van der Waals surface area contributed by atoms with E-state index in [4.69, 9.17) is 15.2 Å². The average molecular weight is 247 g/mol. The van der Waals surface area contributed by atoms with E-state index in [9.17, 15) is 0 Å². The van der Waals surface area contributed by atoms with Crippen molar-refractivity contribution in [1.82, 2.24) is 0 Å². The number of hydrogen-bond donors (Lipinski definition) is 1. The molecule has 3 heteroatoms. The third kappa shape index (κ3) is 1.91. The molecule has 2 heterocycles. The lowest BCUT2D eigenvalue weighted by Gasteiger charge is -2.21. The van der Waals surface area contributed by atoms with Gasteiger partial charge in [-0.1, -0.05) is 19.9 Å². The summed E-state index contributed by atoms with van der Waals surface area (Å²) < 4.78 is 11.1. The van der Waals surface area contributed by atoms with E-state index in [1.165, 1.54) is 11.1 Å². The molecule has 3 rings (SSSR count). The van der Waals surface area contributed by atoms with Gasteiger partial charge in [0.2, 0.25) is 0 Å². The first kappa shape index (κ1) is 12.0. The highest BCUT2D eigenvalue weighted by Gasteiger charge is 2.33. The number of ether oxygens (including phenoxy) is 2. The van der Waals surface area contributed by atoms with Crippen molar-refractivity contribution in [3.8, 4) is 5.75 Å². The third-order valence-corrected chi connectivity index (χ3v) is 4.18. The number of fused-ring (bicyclic) bond motifs is 1. The molecule has 2 aliphatic heterocycles. The van der Waals surface area contributed by atoms with E-state index in [0.717, 1.165) is 32.0 Å². The van der Waals surface area contributed by atoms with Gasteiger partial charge in [-0.05, 0) is 24.1 Å². The van der Waals surface area contributed by atoms with Crippen LogP contribution in [-0.2, 0) is 10.2 Å². The second-order valence-corrected chi connectivity index (χ2v) is 6.08. The second kappa shape index (κ2) is 4.25. The van der Waals surface area contributed by atoms with Gasteiger partial charge in [0.25, 0.3) is 0 Å². The number of rotatable bonds is 2. The third-order valence-electron chi connectivity index (χ3n) is 4.18. The number of nitrogens with two attached hydrogens (primary N) is 1. The van der Waals surface area contributed by atoms with Gasteiger partial charge in [0.15, 0.2) is 0 Å². The van der Waals surface area contributed by atoms with Crippen LogP contribution in [0, 0.1) is 5.92 Å². The zero-order chi connectivity index (χ0) is 12.8. The van der Waals surface area contributed by atoms with Crippen LogP contribution in [0.1, 0.15) is 37.4 Å². The predicted octanol–water partition coefficient (Wildman–Crippen LogP) is 2.39. The molecule has 2 aliphatic rings. The highest BCUT2D eigenvalue weighted by Crippen LogP contribution is 2.40. The summed E-state index contributed by atoms with van der Waals surface area (Å²) in [5, 5.41) is 0. The Morgan fingerprint density at radius 3 is 2.94 bits per heavy atom. The second-order valence-electron chi connectivity index (χ2n) is 6.08. The Morgan fingerprint density at radius 2 is 2.22 bits per heavy atom. The summed E-state index contributed by atoms with van der Waals surface area (Å²) >= 11 is 0. The first-order valence-electron chi connectivity index (χ1n) is 6.68. The van der Waals surface area contributed by atoms with Gasteiger partial charge >= 0.3 is 0 Å². The SMILES string of the molecule is CC1(C)COc2ccc(C(N)C3CCOC3)cc21. The molecule has 18 heavy (non-hydrogen) atoms. The molecule has 0 amide bonds. The largest absolute Gasteiger partial charge is 0.492 e. The Bertz CT molecular complexity index is 450. The highest BCUT2D eigenvalue weighted by molar-refractivity contribution is 5.46. The molecular weight excluding hydrogens is 226 g/mol. The summed E-state index contributed by atoms with van der Waals surface area (Å²) in [6, 6.07) is 6.47. The van der Waals surface area contributed by atoms with Gasteiger partial charge in [0.1, 0.15) is 5.75 Å². The van der Waals surface area contributed by atoms with Crippen molar-refractivity contribution < 1.29 is 9.47 Å². The summed E-state index contributed by atoms with van der Waals surface area (Å²) in [6.45, 7) is 6.82. The van der Waals surface area contributed by atoms with Crippen LogP contribution in [-0.4, -0.2) is 19.8 Å². The van der Waals surface area contributed by atoms with Gasteiger partial charge < -0.3 is 15.2 Å². The smallest absolute Gasteiger partial charge is 0.123 e. The molecule has 1 aromatic carbocycles.